The van der Waals surface area contributed by atoms with Crippen LogP contribution in [-0.4, -0.2) is 23.6 Å². The first kappa shape index (κ1) is 19.5. The molecule has 0 saturated heterocycles. The Morgan fingerprint density at radius 2 is 1.58 bits per heavy atom. The lowest BCUT2D eigenvalue weighted by Gasteiger charge is -2.25. The molecule has 3 aromatic carbocycles. The van der Waals surface area contributed by atoms with E-state index in [1.54, 1.807) is 36.4 Å². The van der Waals surface area contributed by atoms with Gasteiger partial charge in [-0.2, -0.15) is 0 Å². The number of aryl methyl sites for hydroxylation is 1. The van der Waals surface area contributed by atoms with Crippen molar-refractivity contribution >= 4 is 26.8 Å². The van der Waals surface area contributed by atoms with Gasteiger partial charge >= 0.3 is 0 Å². The Bertz CT molecular complexity index is 1410. The molecule has 31 heavy (non-hydrogen) atoms. The molecule has 1 aliphatic rings. The minimum Gasteiger partial charge on any atom is -0.268 e. The number of aromatic nitrogens is 1. The Labute approximate surface area is 181 Å². The van der Waals surface area contributed by atoms with Crippen LogP contribution in [0.1, 0.15) is 33.2 Å². The zero-order valence-electron chi connectivity index (χ0n) is 16.9. The van der Waals surface area contributed by atoms with Gasteiger partial charge < -0.3 is 0 Å². The zero-order chi connectivity index (χ0) is 21.6. The fourth-order valence-corrected chi connectivity index (χ4v) is 5.63. The summed E-state index contributed by atoms with van der Waals surface area (Å²) >= 11 is 0. The van der Waals surface area contributed by atoms with Crippen molar-refractivity contribution in [2.45, 2.75) is 24.3 Å². The van der Waals surface area contributed by atoms with Crippen LogP contribution < -0.4 is 0 Å². The van der Waals surface area contributed by atoms with Crippen molar-refractivity contribution in [3.63, 3.8) is 0 Å². The van der Waals surface area contributed by atoms with Gasteiger partial charge in [-0.05, 0) is 42.8 Å². The Morgan fingerprint density at radius 1 is 0.871 bits per heavy atom. The smallest absolute Gasteiger partial charge is 0.268 e. The fraction of sp³-hybridized carbons (Fsp3) is 0.120. The molecule has 0 bridgehead atoms. The molecule has 1 aromatic heterocycles. The number of nitrogens with zero attached hydrogens (tertiary/aromatic N) is 2. The number of amides is 1. The lowest BCUT2D eigenvalue weighted by molar-refractivity contribution is 0.0853. The number of hydrogen-bond donors (Lipinski definition) is 0. The van der Waals surface area contributed by atoms with Crippen LogP contribution in [0.15, 0.2) is 89.8 Å². The summed E-state index contributed by atoms with van der Waals surface area (Å²) in [7, 11) is -4.03. The maximum Gasteiger partial charge on any atom is 0.268 e. The highest BCUT2D eigenvalue weighted by molar-refractivity contribution is 7.89. The third-order valence-corrected chi connectivity index (χ3v) is 7.48. The van der Waals surface area contributed by atoms with Crippen LogP contribution in [0, 0.1) is 6.92 Å². The second-order valence-corrected chi connectivity index (χ2v) is 9.54. The predicted molar refractivity (Wildman–Crippen MR) is 119 cm³/mol. The van der Waals surface area contributed by atoms with Crippen molar-refractivity contribution in [3.8, 4) is 0 Å². The molecule has 0 aliphatic carbocycles. The average molecular weight is 429 g/mol. The van der Waals surface area contributed by atoms with E-state index in [1.165, 1.54) is 0 Å². The van der Waals surface area contributed by atoms with Crippen molar-refractivity contribution in [2.75, 3.05) is 0 Å². The number of para-hydroxylation sites is 1. The molecule has 6 heteroatoms. The van der Waals surface area contributed by atoms with Crippen LogP contribution in [0.3, 0.4) is 0 Å². The van der Waals surface area contributed by atoms with E-state index in [9.17, 15) is 13.2 Å². The molecule has 1 unspecified atom stereocenters. The third-order valence-electron chi connectivity index (χ3n) is 5.67. The van der Waals surface area contributed by atoms with Gasteiger partial charge in [0.2, 0.25) is 0 Å². The fourth-order valence-electron chi connectivity index (χ4n) is 4.08. The monoisotopic (exact) mass is 428 g/mol. The summed E-state index contributed by atoms with van der Waals surface area (Å²) in [5, 5.41) is 1.01. The minimum absolute atomic E-state index is 0.107. The average Bonchev–Trinajstić information content (AvgIpc) is 3.06. The van der Waals surface area contributed by atoms with E-state index < -0.39 is 22.0 Å². The Kier molecular flexibility index (Phi) is 4.59. The van der Waals surface area contributed by atoms with Crippen LogP contribution in [0.25, 0.3) is 10.9 Å². The molecule has 1 aliphatic heterocycles. The van der Waals surface area contributed by atoms with E-state index in [0.717, 1.165) is 26.5 Å². The van der Waals surface area contributed by atoms with Gasteiger partial charge in [0.15, 0.2) is 0 Å². The highest BCUT2D eigenvalue weighted by Gasteiger charge is 2.44. The summed E-state index contributed by atoms with van der Waals surface area (Å²) in [5.74, 6) is -0.498. The SMILES string of the molecule is Cc1ccc(S(=O)(=O)N2C(=O)c3ccccc3C2Cc2ccc3ccccc3n2)cc1. The predicted octanol–water partition coefficient (Wildman–Crippen LogP) is 4.67. The summed E-state index contributed by atoms with van der Waals surface area (Å²) in [6, 6.07) is 24.6. The molecule has 4 aromatic rings. The van der Waals surface area contributed by atoms with E-state index in [4.69, 9.17) is 4.98 Å². The first-order valence-electron chi connectivity index (χ1n) is 10.0. The van der Waals surface area contributed by atoms with Gasteiger partial charge in [0.25, 0.3) is 15.9 Å². The summed E-state index contributed by atoms with van der Waals surface area (Å²) in [6.07, 6.45) is 0.304. The second kappa shape index (κ2) is 7.32. The molecular weight excluding hydrogens is 408 g/mol. The van der Waals surface area contributed by atoms with Crippen LogP contribution in [-0.2, 0) is 16.4 Å². The van der Waals surface area contributed by atoms with Crippen molar-refractivity contribution in [3.05, 3.63) is 107 Å². The summed E-state index contributed by atoms with van der Waals surface area (Å²) in [5.41, 5.74) is 3.65. The molecule has 5 nitrogen and oxygen atoms in total. The van der Waals surface area contributed by atoms with Gasteiger partial charge in [-0.25, -0.2) is 12.7 Å². The summed E-state index contributed by atoms with van der Waals surface area (Å²) in [6.45, 7) is 1.89. The maximum absolute atomic E-state index is 13.5. The van der Waals surface area contributed by atoms with E-state index in [-0.39, 0.29) is 4.90 Å². The molecule has 1 atom stereocenters. The van der Waals surface area contributed by atoms with Crippen molar-refractivity contribution in [1.29, 1.82) is 0 Å². The highest BCUT2D eigenvalue weighted by atomic mass is 32.2. The van der Waals surface area contributed by atoms with Crippen LogP contribution in [0.4, 0.5) is 0 Å². The topological polar surface area (TPSA) is 67.3 Å². The Balaban J connectivity index is 1.60. The first-order chi connectivity index (χ1) is 14.9. The van der Waals surface area contributed by atoms with Crippen LogP contribution in [0.5, 0.6) is 0 Å². The van der Waals surface area contributed by atoms with E-state index in [0.29, 0.717) is 17.5 Å². The maximum atomic E-state index is 13.5. The number of sulfonamides is 1. The van der Waals surface area contributed by atoms with Gasteiger partial charge in [-0.15, -0.1) is 0 Å². The van der Waals surface area contributed by atoms with Gasteiger partial charge in [-0.1, -0.05) is 60.2 Å². The largest absolute Gasteiger partial charge is 0.268 e. The quantitative estimate of drug-likeness (QED) is 0.474. The number of hydrogen-bond acceptors (Lipinski definition) is 4. The van der Waals surface area contributed by atoms with E-state index >= 15 is 0 Å². The summed E-state index contributed by atoms with van der Waals surface area (Å²) < 4.78 is 28.1. The number of fused-ring (bicyclic) bond motifs is 2. The van der Waals surface area contributed by atoms with Gasteiger partial charge in [-0.3, -0.25) is 9.78 Å². The molecule has 0 saturated carbocycles. The highest BCUT2D eigenvalue weighted by Crippen LogP contribution is 2.39. The Hall–Kier alpha value is -3.51. The third kappa shape index (κ3) is 3.29. The lowest BCUT2D eigenvalue weighted by atomic mass is 10.0. The lowest BCUT2D eigenvalue weighted by Crippen LogP contribution is -2.35. The zero-order valence-corrected chi connectivity index (χ0v) is 17.7. The molecule has 1 amide bonds. The molecule has 154 valence electrons. The van der Waals surface area contributed by atoms with Crippen molar-refractivity contribution in [1.82, 2.24) is 9.29 Å². The summed E-state index contributed by atoms with van der Waals surface area (Å²) in [4.78, 5) is 18.0. The van der Waals surface area contributed by atoms with Crippen molar-refractivity contribution in [2.24, 2.45) is 0 Å². The molecule has 0 N–H and O–H groups in total. The number of rotatable bonds is 4. The van der Waals surface area contributed by atoms with Crippen LogP contribution in [0.2, 0.25) is 0 Å². The molecule has 2 heterocycles. The second-order valence-electron chi connectivity index (χ2n) is 7.72. The Morgan fingerprint density at radius 3 is 2.39 bits per heavy atom. The van der Waals surface area contributed by atoms with Crippen molar-refractivity contribution < 1.29 is 13.2 Å². The minimum atomic E-state index is -4.03. The number of carbonyl (C=O) groups excluding carboxylic acids is 1. The van der Waals surface area contributed by atoms with E-state index in [2.05, 4.69) is 0 Å². The number of carbonyl (C=O) groups is 1. The molecule has 0 radical (unpaired) electrons. The van der Waals surface area contributed by atoms with Gasteiger partial charge in [0, 0.05) is 23.1 Å². The number of pyridine rings is 1. The molecule has 5 rings (SSSR count). The molecular formula is C25H20N2O3S. The normalized spacial score (nSPS) is 16.0. The molecule has 0 spiro atoms. The molecule has 0 fully saturated rings. The number of benzene rings is 3. The van der Waals surface area contributed by atoms with Gasteiger partial charge in [0.1, 0.15) is 0 Å². The van der Waals surface area contributed by atoms with Crippen LogP contribution >= 0.6 is 0 Å². The standard InChI is InChI=1S/C25H20N2O3S/c1-17-10-14-20(15-11-17)31(29,30)27-24(21-7-3-4-8-22(21)25(27)28)16-19-13-12-18-6-2-5-9-23(18)26-19/h2-15,24H,16H2,1H3. The van der Waals surface area contributed by atoms with Gasteiger partial charge in [0.05, 0.1) is 16.5 Å². The first-order valence-corrected chi connectivity index (χ1v) is 11.5. The van der Waals surface area contributed by atoms with E-state index in [1.807, 2.05) is 55.5 Å².